The molecular formula is C20H24ClF3N2O2. The molecule has 0 saturated carbocycles. The second-order valence-electron chi connectivity index (χ2n) is 6.68. The molecule has 1 atom stereocenters. The quantitative estimate of drug-likeness (QED) is 0.692. The largest absolute Gasteiger partial charge is 0.483 e. The van der Waals surface area contributed by atoms with Gasteiger partial charge in [0.2, 0.25) is 5.91 Å². The van der Waals surface area contributed by atoms with E-state index in [0.29, 0.717) is 11.6 Å². The third-order valence-electron chi connectivity index (χ3n) is 3.99. The van der Waals surface area contributed by atoms with Gasteiger partial charge in [-0.05, 0) is 36.1 Å². The molecule has 1 aromatic carbocycles. The molecule has 0 radical (unpaired) electrons. The number of benzene rings is 1. The first-order valence-electron chi connectivity index (χ1n) is 8.68. The molecule has 1 heterocycles. The summed E-state index contributed by atoms with van der Waals surface area (Å²) in [5, 5.41) is 2.84. The van der Waals surface area contributed by atoms with Crippen LogP contribution in [0.4, 0.5) is 13.2 Å². The Hall–Kier alpha value is -2.28. The van der Waals surface area contributed by atoms with Crippen molar-refractivity contribution in [3.8, 4) is 5.75 Å². The van der Waals surface area contributed by atoms with Gasteiger partial charge in [-0.25, -0.2) is 0 Å². The van der Waals surface area contributed by atoms with E-state index in [9.17, 15) is 18.0 Å². The molecule has 1 aromatic heterocycles. The summed E-state index contributed by atoms with van der Waals surface area (Å²) < 4.78 is 41.0. The lowest BCUT2D eigenvalue weighted by Crippen LogP contribution is -2.28. The van der Waals surface area contributed by atoms with E-state index in [1.165, 1.54) is 23.9 Å². The molecule has 0 aliphatic rings. The number of alkyl halides is 3. The summed E-state index contributed by atoms with van der Waals surface area (Å²) in [6.07, 6.45) is -2.93. The van der Waals surface area contributed by atoms with Gasteiger partial charge in [-0.15, -0.1) is 12.4 Å². The van der Waals surface area contributed by atoms with Gasteiger partial charge in [0.15, 0.2) is 6.61 Å². The number of halogens is 4. The Morgan fingerprint density at radius 1 is 1.11 bits per heavy atom. The highest BCUT2D eigenvalue weighted by atomic mass is 35.5. The van der Waals surface area contributed by atoms with E-state index in [2.05, 4.69) is 28.9 Å². The molecule has 0 unspecified atom stereocenters. The van der Waals surface area contributed by atoms with Gasteiger partial charge in [0, 0.05) is 0 Å². The lowest BCUT2D eigenvalue weighted by Gasteiger charge is -2.15. The van der Waals surface area contributed by atoms with Crippen molar-refractivity contribution in [2.45, 2.75) is 45.3 Å². The Kier molecular flexibility index (Phi) is 8.75. The smallest absolute Gasteiger partial charge is 0.422 e. The fourth-order valence-electron chi connectivity index (χ4n) is 2.47. The molecule has 2 rings (SSSR count). The number of hydrogen-bond donors (Lipinski definition) is 1. The highest BCUT2D eigenvalue weighted by Crippen LogP contribution is 2.19. The van der Waals surface area contributed by atoms with Gasteiger partial charge in [0.1, 0.15) is 5.75 Å². The van der Waals surface area contributed by atoms with Gasteiger partial charge in [-0.2, -0.15) is 13.2 Å². The number of nitrogens with one attached hydrogen (secondary N) is 1. The molecular weight excluding hydrogens is 393 g/mol. The molecule has 8 heteroatoms. The predicted molar refractivity (Wildman–Crippen MR) is 104 cm³/mol. The number of hydrogen-bond acceptors (Lipinski definition) is 3. The number of rotatable bonds is 7. The number of ether oxygens (including phenoxy) is 1. The number of carbonyl (C=O) groups excluding carboxylic acids is 1. The van der Waals surface area contributed by atoms with Crippen molar-refractivity contribution in [1.82, 2.24) is 10.3 Å². The average molecular weight is 417 g/mol. The first-order valence-corrected chi connectivity index (χ1v) is 8.68. The van der Waals surface area contributed by atoms with Crippen LogP contribution in [0.2, 0.25) is 0 Å². The minimum atomic E-state index is -4.40. The zero-order valence-electron chi connectivity index (χ0n) is 15.9. The van der Waals surface area contributed by atoms with E-state index in [0.717, 1.165) is 5.56 Å². The molecule has 1 amide bonds. The Bertz CT molecular complexity index is 748. The SMILES string of the molecule is CC(C)c1ccc(CC(=O)N[C@H](C)c2ccc(OCC(F)(F)F)cn2)cc1.Cl. The van der Waals surface area contributed by atoms with Crippen LogP contribution >= 0.6 is 12.4 Å². The van der Waals surface area contributed by atoms with Crippen molar-refractivity contribution in [3.05, 3.63) is 59.4 Å². The van der Waals surface area contributed by atoms with Crippen LogP contribution in [0.1, 0.15) is 49.6 Å². The second kappa shape index (κ2) is 10.3. The van der Waals surface area contributed by atoms with Crippen molar-refractivity contribution in [3.63, 3.8) is 0 Å². The van der Waals surface area contributed by atoms with E-state index in [1.807, 2.05) is 24.3 Å². The summed E-state index contributed by atoms with van der Waals surface area (Å²) in [5.41, 5.74) is 2.66. The van der Waals surface area contributed by atoms with Crippen LogP contribution in [-0.4, -0.2) is 23.7 Å². The molecule has 154 valence electrons. The molecule has 2 aromatic rings. The summed E-state index contributed by atoms with van der Waals surface area (Å²) in [7, 11) is 0. The molecule has 1 N–H and O–H groups in total. The molecule has 0 aliphatic heterocycles. The number of amides is 1. The maximum Gasteiger partial charge on any atom is 0.422 e. The highest BCUT2D eigenvalue weighted by Gasteiger charge is 2.28. The third kappa shape index (κ3) is 7.76. The normalized spacial score (nSPS) is 12.2. The number of aromatic nitrogens is 1. The summed E-state index contributed by atoms with van der Waals surface area (Å²) in [6.45, 7) is 4.61. The summed E-state index contributed by atoms with van der Waals surface area (Å²) in [6, 6.07) is 10.5. The third-order valence-corrected chi connectivity index (χ3v) is 3.99. The number of pyridine rings is 1. The maximum atomic E-state index is 12.2. The van der Waals surface area contributed by atoms with Crippen LogP contribution in [0.3, 0.4) is 0 Å². The maximum absolute atomic E-state index is 12.2. The lowest BCUT2D eigenvalue weighted by atomic mass is 10.0. The van der Waals surface area contributed by atoms with Gasteiger partial charge < -0.3 is 10.1 Å². The second-order valence-corrected chi connectivity index (χ2v) is 6.68. The van der Waals surface area contributed by atoms with E-state index < -0.39 is 12.8 Å². The van der Waals surface area contributed by atoms with E-state index in [4.69, 9.17) is 0 Å². The Balaban J connectivity index is 0.00000392. The van der Waals surface area contributed by atoms with Crippen molar-refractivity contribution in [2.75, 3.05) is 6.61 Å². The van der Waals surface area contributed by atoms with Gasteiger partial charge in [0.05, 0.1) is 24.4 Å². The van der Waals surface area contributed by atoms with Crippen molar-refractivity contribution in [2.24, 2.45) is 0 Å². The van der Waals surface area contributed by atoms with Crippen LogP contribution in [0.15, 0.2) is 42.6 Å². The minimum Gasteiger partial charge on any atom is -0.483 e. The Morgan fingerprint density at radius 2 is 1.75 bits per heavy atom. The van der Waals surface area contributed by atoms with Gasteiger partial charge in [0.25, 0.3) is 0 Å². The Labute approximate surface area is 168 Å². The summed E-state index contributed by atoms with van der Waals surface area (Å²) in [5.74, 6) is 0.306. The zero-order valence-corrected chi connectivity index (χ0v) is 16.7. The molecule has 0 fully saturated rings. The molecule has 0 saturated heterocycles. The van der Waals surface area contributed by atoms with Crippen molar-refractivity contribution < 1.29 is 22.7 Å². The van der Waals surface area contributed by atoms with Crippen LogP contribution in [0, 0.1) is 0 Å². The topological polar surface area (TPSA) is 51.2 Å². The van der Waals surface area contributed by atoms with Gasteiger partial charge in [-0.1, -0.05) is 38.1 Å². The van der Waals surface area contributed by atoms with Gasteiger partial charge in [-0.3, -0.25) is 9.78 Å². The first-order chi connectivity index (χ1) is 12.6. The van der Waals surface area contributed by atoms with Gasteiger partial charge >= 0.3 is 6.18 Å². The predicted octanol–water partition coefficient (Wildman–Crippen LogP) is 4.99. The Morgan fingerprint density at radius 3 is 2.25 bits per heavy atom. The fraction of sp³-hybridized carbons (Fsp3) is 0.400. The summed E-state index contributed by atoms with van der Waals surface area (Å²) >= 11 is 0. The van der Waals surface area contributed by atoms with Crippen LogP contribution < -0.4 is 10.1 Å². The number of carbonyl (C=O) groups is 1. The van der Waals surface area contributed by atoms with Crippen molar-refractivity contribution in [1.29, 1.82) is 0 Å². The first kappa shape index (κ1) is 23.8. The molecule has 28 heavy (non-hydrogen) atoms. The van der Waals surface area contributed by atoms with Crippen LogP contribution in [0.25, 0.3) is 0 Å². The molecule has 4 nitrogen and oxygen atoms in total. The average Bonchev–Trinajstić information content (AvgIpc) is 2.60. The van der Waals surface area contributed by atoms with Crippen molar-refractivity contribution >= 4 is 18.3 Å². The number of nitrogens with zero attached hydrogens (tertiary/aromatic N) is 1. The van der Waals surface area contributed by atoms with E-state index in [-0.39, 0.29) is 36.5 Å². The standard InChI is InChI=1S/C20H23F3N2O2.ClH/c1-13(2)16-6-4-15(5-7-16)10-19(26)25-14(3)18-9-8-17(11-24-18)27-12-20(21,22)23;/h4-9,11,13-14H,10,12H2,1-3H3,(H,25,26);1H/t14-;/m1./s1. The molecule has 0 aliphatic carbocycles. The van der Waals surface area contributed by atoms with Crippen LogP contribution in [-0.2, 0) is 11.2 Å². The van der Waals surface area contributed by atoms with Crippen LogP contribution in [0.5, 0.6) is 5.75 Å². The zero-order chi connectivity index (χ0) is 20.0. The molecule has 0 bridgehead atoms. The highest BCUT2D eigenvalue weighted by molar-refractivity contribution is 5.85. The monoisotopic (exact) mass is 416 g/mol. The fourth-order valence-corrected chi connectivity index (χ4v) is 2.47. The van der Waals surface area contributed by atoms with E-state index >= 15 is 0 Å². The molecule has 0 spiro atoms. The minimum absolute atomic E-state index is 0. The lowest BCUT2D eigenvalue weighted by molar-refractivity contribution is -0.153. The van der Waals surface area contributed by atoms with E-state index in [1.54, 1.807) is 6.92 Å². The summed E-state index contributed by atoms with van der Waals surface area (Å²) in [4.78, 5) is 16.3.